The molecule has 0 saturated carbocycles. The molecule has 0 aliphatic carbocycles. The fourth-order valence-corrected chi connectivity index (χ4v) is 5.40. The monoisotopic (exact) mass is 480 g/mol. The van der Waals surface area contributed by atoms with E-state index in [1.807, 2.05) is 19.2 Å². The first-order chi connectivity index (χ1) is 16.2. The zero-order valence-electron chi connectivity index (χ0n) is 19.3. The van der Waals surface area contributed by atoms with Crippen molar-refractivity contribution < 1.29 is 18.0 Å². The molecule has 186 valence electrons. The number of alkyl halides is 3. The van der Waals surface area contributed by atoms with Crippen molar-refractivity contribution in [3.63, 3.8) is 0 Å². The number of nitrogens with zero attached hydrogens (tertiary/aromatic N) is 6. The molecule has 3 aliphatic heterocycles. The third kappa shape index (κ3) is 4.58. The molecule has 2 aromatic rings. The summed E-state index contributed by atoms with van der Waals surface area (Å²) in [6.45, 7) is 3.33. The maximum absolute atomic E-state index is 13.4. The summed E-state index contributed by atoms with van der Waals surface area (Å²) in [5.41, 5.74) is 11.2. The van der Waals surface area contributed by atoms with E-state index < -0.39 is 18.8 Å². The zero-order chi connectivity index (χ0) is 24.0. The van der Waals surface area contributed by atoms with Gasteiger partial charge in [-0.25, -0.2) is 14.5 Å². The molecular weight excluding hydrogens is 449 g/mol. The number of hydrogen-bond acceptors (Lipinski definition) is 7. The van der Waals surface area contributed by atoms with Crippen molar-refractivity contribution in [2.24, 2.45) is 5.73 Å². The fraction of sp³-hybridized carbons (Fsp3) is 0.682. The van der Waals surface area contributed by atoms with Gasteiger partial charge in [-0.1, -0.05) is 0 Å². The lowest BCUT2D eigenvalue weighted by Crippen LogP contribution is -2.52. The summed E-state index contributed by atoms with van der Waals surface area (Å²) >= 11 is 0. The van der Waals surface area contributed by atoms with E-state index in [0.29, 0.717) is 25.2 Å². The van der Waals surface area contributed by atoms with E-state index in [9.17, 15) is 18.0 Å². The van der Waals surface area contributed by atoms with Crippen LogP contribution in [0.5, 0.6) is 0 Å². The van der Waals surface area contributed by atoms with Crippen LogP contribution < -0.4 is 16.1 Å². The summed E-state index contributed by atoms with van der Waals surface area (Å²) in [7, 11) is 0. The molecule has 3 aliphatic rings. The Morgan fingerprint density at radius 3 is 2.79 bits per heavy atom. The number of halogens is 3. The van der Waals surface area contributed by atoms with Crippen molar-refractivity contribution in [1.29, 1.82) is 0 Å². The molecule has 0 radical (unpaired) electrons. The van der Waals surface area contributed by atoms with E-state index in [2.05, 4.69) is 10.3 Å². The van der Waals surface area contributed by atoms with Crippen LogP contribution in [0, 0.1) is 6.92 Å². The van der Waals surface area contributed by atoms with Crippen molar-refractivity contribution >= 4 is 17.4 Å². The van der Waals surface area contributed by atoms with Crippen LogP contribution in [0.2, 0.25) is 0 Å². The number of hydrazine groups is 1. The van der Waals surface area contributed by atoms with E-state index in [0.717, 1.165) is 60.9 Å². The quantitative estimate of drug-likeness (QED) is 0.689. The van der Waals surface area contributed by atoms with E-state index in [1.54, 1.807) is 9.42 Å². The molecule has 0 spiro atoms. The normalized spacial score (nSPS) is 26.7. The van der Waals surface area contributed by atoms with Gasteiger partial charge in [0.2, 0.25) is 5.91 Å². The Morgan fingerprint density at radius 1 is 1.24 bits per heavy atom. The third-order valence-electron chi connectivity index (χ3n) is 7.02. The van der Waals surface area contributed by atoms with Crippen LogP contribution in [-0.2, 0) is 4.79 Å². The summed E-state index contributed by atoms with van der Waals surface area (Å²) in [6.07, 6.45) is 1.32. The van der Waals surface area contributed by atoms with E-state index in [4.69, 9.17) is 15.8 Å². The number of nitrogens with one attached hydrogen (secondary N) is 1. The molecule has 12 heteroatoms. The summed E-state index contributed by atoms with van der Waals surface area (Å²) < 4.78 is 40.8. The number of carbonyl (C=O) groups is 1. The Morgan fingerprint density at radius 2 is 2.06 bits per heavy atom. The maximum Gasteiger partial charge on any atom is 0.402 e. The van der Waals surface area contributed by atoms with Crippen LogP contribution in [0.3, 0.4) is 0 Å². The first-order valence-corrected chi connectivity index (χ1v) is 11.9. The van der Waals surface area contributed by atoms with Gasteiger partial charge in [0, 0.05) is 50.0 Å². The minimum Gasteiger partial charge on any atom is -0.355 e. The van der Waals surface area contributed by atoms with Crippen LogP contribution in [0.4, 0.5) is 19.0 Å². The van der Waals surface area contributed by atoms with Crippen LogP contribution in [0.1, 0.15) is 49.4 Å². The van der Waals surface area contributed by atoms with Crippen molar-refractivity contribution in [2.45, 2.75) is 63.3 Å². The number of fused-ring (bicyclic) bond motifs is 1. The van der Waals surface area contributed by atoms with E-state index in [-0.39, 0.29) is 18.0 Å². The van der Waals surface area contributed by atoms with Gasteiger partial charge in [-0.15, -0.1) is 0 Å². The first kappa shape index (κ1) is 23.3. The lowest BCUT2D eigenvalue weighted by Gasteiger charge is -2.38. The second kappa shape index (κ2) is 8.97. The molecule has 3 N–H and O–H groups in total. The van der Waals surface area contributed by atoms with Gasteiger partial charge >= 0.3 is 6.18 Å². The molecule has 3 saturated heterocycles. The van der Waals surface area contributed by atoms with Gasteiger partial charge in [0.25, 0.3) is 0 Å². The molecule has 9 nitrogen and oxygen atoms in total. The lowest BCUT2D eigenvalue weighted by atomic mass is 9.98. The molecule has 2 aromatic heterocycles. The van der Waals surface area contributed by atoms with Gasteiger partial charge in [-0.3, -0.25) is 10.2 Å². The summed E-state index contributed by atoms with van der Waals surface area (Å²) in [4.78, 5) is 22.2. The predicted octanol–water partition coefficient (Wildman–Crippen LogP) is 1.77. The Hall–Kier alpha value is -2.44. The van der Waals surface area contributed by atoms with Crippen LogP contribution in [0.15, 0.2) is 12.3 Å². The van der Waals surface area contributed by atoms with Crippen molar-refractivity contribution in [3.05, 3.63) is 23.5 Å². The van der Waals surface area contributed by atoms with Gasteiger partial charge in [-0.05, 0) is 39.0 Å². The van der Waals surface area contributed by atoms with Gasteiger partial charge in [0.05, 0.1) is 11.7 Å². The Kier molecular flexibility index (Phi) is 6.15. The van der Waals surface area contributed by atoms with Gasteiger partial charge in [0.1, 0.15) is 18.4 Å². The van der Waals surface area contributed by atoms with Crippen molar-refractivity contribution in [3.8, 4) is 0 Å². The van der Waals surface area contributed by atoms with E-state index >= 15 is 0 Å². The fourth-order valence-electron chi connectivity index (χ4n) is 5.40. The van der Waals surface area contributed by atoms with Gasteiger partial charge < -0.3 is 15.5 Å². The summed E-state index contributed by atoms with van der Waals surface area (Å²) in [6, 6.07) is 0.933. The number of piperidine rings is 1. The third-order valence-corrected chi connectivity index (χ3v) is 7.02. The minimum atomic E-state index is -4.38. The van der Waals surface area contributed by atoms with Gasteiger partial charge in [-0.2, -0.15) is 18.3 Å². The molecular formula is C22H31F3N8O. The predicted molar refractivity (Wildman–Crippen MR) is 120 cm³/mol. The minimum absolute atomic E-state index is 0.140. The number of rotatable bonds is 4. The first-order valence-electron chi connectivity index (χ1n) is 11.9. The standard InChI is InChI=1S/C22H31F3N8O/c1-14-11-32-19(28-20(14)30-9-6-15(26)12-30)10-16(29-32)17-4-2-3-8-31(17)21(34)18-5-7-27-33(18)13-22(23,24)25/h10-11,15,17-18,27H,2-9,12-13,26H2,1H3/t15-,17-,18?/m0/s1. The molecule has 3 atom stereocenters. The van der Waals surface area contributed by atoms with Crippen LogP contribution >= 0.6 is 0 Å². The van der Waals surface area contributed by atoms with Crippen LogP contribution in [0.25, 0.3) is 5.65 Å². The number of anilines is 1. The molecule has 0 bridgehead atoms. The number of amides is 1. The number of hydrogen-bond donors (Lipinski definition) is 2. The molecule has 5 rings (SSSR count). The molecule has 1 amide bonds. The summed E-state index contributed by atoms with van der Waals surface area (Å²) in [5.74, 6) is 0.621. The molecule has 5 heterocycles. The molecule has 1 unspecified atom stereocenters. The van der Waals surface area contributed by atoms with Crippen LogP contribution in [-0.4, -0.2) is 81.4 Å². The summed E-state index contributed by atoms with van der Waals surface area (Å²) in [5, 5.41) is 5.76. The van der Waals surface area contributed by atoms with Crippen molar-refractivity contribution in [2.75, 3.05) is 37.6 Å². The maximum atomic E-state index is 13.4. The average Bonchev–Trinajstić information content (AvgIpc) is 3.51. The Balaban J connectivity index is 1.40. The number of nitrogens with two attached hydrogens (primary N) is 1. The molecule has 3 fully saturated rings. The Bertz CT molecular complexity index is 1060. The van der Waals surface area contributed by atoms with Crippen molar-refractivity contribution in [1.82, 2.24) is 29.9 Å². The zero-order valence-corrected chi connectivity index (χ0v) is 19.3. The average molecular weight is 481 g/mol. The smallest absolute Gasteiger partial charge is 0.355 e. The van der Waals surface area contributed by atoms with E-state index in [1.165, 1.54) is 0 Å². The van der Waals surface area contributed by atoms with Gasteiger partial charge in [0.15, 0.2) is 5.65 Å². The number of likely N-dealkylation sites (tertiary alicyclic amines) is 1. The highest BCUT2D eigenvalue weighted by Crippen LogP contribution is 2.33. The SMILES string of the molecule is Cc1cn2nc([C@@H]3CCCCN3C(=O)C3CCNN3CC(F)(F)F)cc2nc1N1CC[C@H](N)C1. The highest BCUT2D eigenvalue weighted by Gasteiger charge is 2.42. The molecule has 0 aromatic carbocycles. The highest BCUT2D eigenvalue weighted by molar-refractivity contribution is 5.82. The highest BCUT2D eigenvalue weighted by atomic mass is 19.4. The second-order valence-electron chi connectivity index (χ2n) is 9.61. The largest absolute Gasteiger partial charge is 0.402 e. The number of carbonyl (C=O) groups excluding carboxylic acids is 1. The lowest BCUT2D eigenvalue weighted by molar-refractivity contribution is -0.162. The number of aryl methyl sites for hydroxylation is 1. The molecule has 34 heavy (non-hydrogen) atoms. The second-order valence-corrected chi connectivity index (χ2v) is 9.61. The Labute approximate surface area is 196 Å². The topological polar surface area (TPSA) is 95.0 Å². The number of aromatic nitrogens is 3.